The second-order valence-electron chi connectivity index (χ2n) is 2.88. The molecule has 0 heterocycles. The van der Waals surface area contributed by atoms with E-state index in [-0.39, 0.29) is 5.75 Å². The van der Waals surface area contributed by atoms with Crippen LogP contribution in [-0.2, 0) is 19.9 Å². The molecule has 1 atom stereocenters. The Balaban J connectivity index is 4.19. The molecule has 74 valence electrons. The molecule has 1 unspecified atom stereocenters. The minimum absolute atomic E-state index is 0.180. The first-order valence-electron chi connectivity index (χ1n) is 3.25. The van der Waals surface area contributed by atoms with E-state index in [0.29, 0.717) is 0 Å². The van der Waals surface area contributed by atoms with Crippen LogP contribution < -0.4 is 4.72 Å². The van der Waals surface area contributed by atoms with Crippen LogP contribution in [-0.4, -0.2) is 41.1 Å². The zero-order valence-corrected chi connectivity index (χ0v) is 8.87. The van der Waals surface area contributed by atoms with Gasteiger partial charge in [0.2, 0.25) is 10.0 Å². The van der Waals surface area contributed by atoms with Gasteiger partial charge in [0, 0.05) is 12.3 Å². The maximum Gasteiger partial charge on any atom is 0.208 e. The molecule has 7 heteroatoms. The molecule has 0 saturated heterocycles. The predicted molar refractivity (Wildman–Crippen MR) is 47.2 cm³/mol. The summed E-state index contributed by atoms with van der Waals surface area (Å²) in [4.78, 5) is 0. The van der Waals surface area contributed by atoms with Crippen LogP contribution in [0.4, 0.5) is 0 Å². The molecule has 0 aliphatic heterocycles. The Labute approximate surface area is 73.1 Å². The topological polar surface area (TPSA) is 80.3 Å². The van der Waals surface area contributed by atoms with Crippen LogP contribution in [0.3, 0.4) is 0 Å². The molecule has 0 radical (unpaired) electrons. The van der Waals surface area contributed by atoms with Gasteiger partial charge in [0.05, 0.1) is 12.0 Å². The van der Waals surface area contributed by atoms with Gasteiger partial charge in [-0.05, 0) is 6.92 Å². The first-order chi connectivity index (χ1) is 5.10. The second-order valence-corrected chi connectivity index (χ2v) is 6.85. The normalized spacial score (nSPS) is 15.9. The Morgan fingerprint density at radius 1 is 1.17 bits per heavy atom. The molecule has 12 heavy (non-hydrogen) atoms. The van der Waals surface area contributed by atoms with Crippen molar-refractivity contribution in [3.05, 3.63) is 0 Å². The van der Waals surface area contributed by atoms with Crippen LogP contribution in [0.25, 0.3) is 0 Å². The van der Waals surface area contributed by atoms with Gasteiger partial charge in [-0.15, -0.1) is 0 Å². The Kier molecular flexibility index (Phi) is 3.67. The number of hydrogen-bond acceptors (Lipinski definition) is 4. The van der Waals surface area contributed by atoms with Crippen molar-refractivity contribution in [2.24, 2.45) is 0 Å². The molecule has 0 aliphatic rings. The molecule has 0 fully saturated rings. The summed E-state index contributed by atoms with van der Waals surface area (Å²) in [6.07, 6.45) is 2.05. The van der Waals surface area contributed by atoms with Gasteiger partial charge in [-0.3, -0.25) is 0 Å². The summed E-state index contributed by atoms with van der Waals surface area (Å²) < 4.78 is 44.8. The Hall–Kier alpha value is -0.140. The van der Waals surface area contributed by atoms with Crippen LogP contribution in [0, 0.1) is 0 Å². The van der Waals surface area contributed by atoms with Gasteiger partial charge < -0.3 is 0 Å². The van der Waals surface area contributed by atoms with E-state index in [1.165, 1.54) is 6.92 Å². The molecule has 0 aliphatic carbocycles. The van der Waals surface area contributed by atoms with E-state index >= 15 is 0 Å². The summed E-state index contributed by atoms with van der Waals surface area (Å²) in [6, 6.07) is -0.574. The van der Waals surface area contributed by atoms with Crippen LogP contribution >= 0.6 is 0 Å². The van der Waals surface area contributed by atoms with E-state index in [0.717, 1.165) is 12.5 Å². The van der Waals surface area contributed by atoms with Crippen molar-refractivity contribution in [3.8, 4) is 0 Å². The third kappa shape index (κ3) is 7.96. The van der Waals surface area contributed by atoms with Crippen molar-refractivity contribution in [2.45, 2.75) is 13.0 Å². The molecule has 0 aromatic carbocycles. The summed E-state index contributed by atoms with van der Waals surface area (Å²) in [6.45, 7) is 1.50. The third-order valence-corrected chi connectivity index (χ3v) is 2.90. The van der Waals surface area contributed by atoms with Gasteiger partial charge in [0.1, 0.15) is 9.84 Å². The highest BCUT2D eigenvalue weighted by atomic mass is 32.2. The number of hydrogen-bond donors (Lipinski definition) is 1. The van der Waals surface area contributed by atoms with Gasteiger partial charge in [0.25, 0.3) is 0 Å². The van der Waals surface area contributed by atoms with Crippen molar-refractivity contribution in [1.82, 2.24) is 4.72 Å². The minimum Gasteiger partial charge on any atom is -0.229 e. The number of sulfonamides is 1. The monoisotopic (exact) mass is 215 g/mol. The Morgan fingerprint density at radius 2 is 1.58 bits per heavy atom. The third-order valence-electron chi connectivity index (χ3n) is 0.968. The first kappa shape index (κ1) is 11.9. The molecule has 0 bridgehead atoms. The lowest BCUT2D eigenvalue weighted by Gasteiger charge is -2.09. The molecule has 5 nitrogen and oxygen atoms in total. The maximum absolute atomic E-state index is 10.7. The standard InChI is InChI=1S/C5H13NO4S2/c1-5(4-11(2,7)8)6-12(3,9)10/h5-6H,4H2,1-3H3. The molecule has 1 N–H and O–H groups in total. The van der Waals surface area contributed by atoms with Crippen LogP contribution in [0.1, 0.15) is 6.92 Å². The number of sulfone groups is 1. The van der Waals surface area contributed by atoms with Gasteiger partial charge in [-0.2, -0.15) is 0 Å². The van der Waals surface area contributed by atoms with E-state index in [2.05, 4.69) is 4.72 Å². The molecule has 0 aromatic heterocycles. The average molecular weight is 215 g/mol. The maximum atomic E-state index is 10.7. The fraction of sp³-hybridized carbons (Fsp3) is 1.00. The molecule has 0 rings (SSSR count). The largest absolute Gasteiger partial charge is 0.229 e. The highest BCUT2D eigenvalue weighted by molar-refractivity contribution is 7.91. The van der Waals surface area contributed by atoms with Crippen molar-refractivity contribution in [2.75, 3.05) is 18.3 Å². The van der Waals surface area contributed by atoms with Gasteiger partial charge in [-0.1, -0.05) is 0 Å². The summed E-state index contributed by atoms with van der Waals surface area (Å²) in [5, 5.41) is 0. The van der Waals surface area contributed by atoms with Crippen molar-refractivity contribution < 1.29 is 16.8 Å². The lowest BCUT2D eigenvalue weighted by molar-refractivity contribution is 0.569. The first-order valence-corrected chi connectivity index (χ1v) is 7.20. The summed E-state index contributed by atoms with van der Waals surface area (Å²) in [5.41, 5.74) is 0. The predicted octanol–water partition coefficient (Wildman–Crippen LogP) is -1.03. The Bertz CT molecular complexity index is 294. The van der Waals surface area contributed by atoms with Crippen LogP contribution in [0.5, 0.6) is 0 Å². The van der Waals surface area contributed by atoms with Crippen LogP contribution in [0.2, 0.25) is 0 Å². The zero-order valence-electron chi connectivity index (χ0n) is 7.23. The average Bonchev–Trinajstić information content (AvgIpc) is 1.49. The van der Waals surface area contributed by atoms with Crippen LogP contribution in [0.15, 0.2) is 0 Å². The van der Waals surface area contributed by atoms with Gasteiger partial charge in [0.15, 0.2) is 0 Å². The SMILES string of the molecule is CC(CS(C)(=O)=O)NS(C)(=O)=O. The summed E-state index contributed by atoms with van der Waals surface area (Å²) >= 11 is 0. The summed E-state index contributed by atoms with van der Waals surface area (Å²) in [5.74, 6) is -0.180. The quantitative estimate of drug-likeness (QED) is 0.650. The fourth-order valence-electron chi connectivity index (χ4n) is 0.854. The second kappa shape index (κ2) is 3.71. The minimum atomic E-state index is -3.31. The Morgan fingerprint density at radius 3 is 1.83 bits per heavy atom. The molecule has 0 saturated carbocycles. The smallest absolute Gasteiger partial charge is 0.208 e. The lowest BCUT2D eigenvalue weighted by Crippen LogP contribution is -2.36. The van der Waals surface area contributed by atoms with Crippen molar-refractivity contribution in [3.63, 3.8) is 0 Å². The molecule has 0 aromatic rings. The highest BCUT2D eigenvalue weighted by Crippen LogP contribution is 1.91. The number of rotatable bonds is 4. The molecule has 0 amide bonds. The fourth-order valence-corrected chi connectivity index (χ4v) is 2.76. The van der Waals surface area contributed by atoms with Gasteiger partial charge >= 0.3 is 0 Å². The van der Waals surface area contributed by atoms with E-state index in [9.17, 15) is 16.8 Å². The van der Waals surface area contributed by atoms with E-state index in [4.69, 9.17) is 0 Å². The molecular weight excluding hydrogens is 202 g/mol. The summed E-state index contributed by atoms with van der Waals surface area (Å²) in [7, 11) is -6.43. The van der Waals surface area contributed by atoms with E-state index < -0.39 is 25.9 Å². The number of nitrogens with one attached hydrogen (secondary N) is 1. The van der Waals surface area contributed by atoms with Gasteiger partial charge in [-0.25, -0.2) is 21.6 Å². The highest BCUT2D eigenvalue weighted by Gasteiger charge is 2.13. The van der Waals surface area contributed by atoms with E-state index in [1.807, 2.05) is 0 Å². The molecular formula is C5H13NO4S2. The van der Waals surface area contributed by atoms with E-state index in [1.54, 1.807) is 0 Å². The lowest BCUT2D eigenvalue weighted by atomic mass is 10.4. The van der Waals surface area contributed by atoms with Crippen molar-refractivity contribution >= 4 is 19.9 Å². The molecule has 0 spiro atoms. The van der Waals surface area contributed by atoms with Crippen molar-refractivity contribution in [1.29, 1.82) is 0 Å². The zero-order chi connectivity index (χ0) is 9.99.